The molecule has 2 amide bonds. The number of carbonyl (C=O) groups is 2. The van der Waals surface area contributed by atoms with Crippen molar-refractivity contribution in [3.63, 3.8) is 0 Å². The lowest BCUT2D eigenvalue weighted by atomic mass is 9.96. The minimum Gasteiger partial charge on any atom is -0.356 e. The lowest BCUT2D eigenvalue weighted by Crippen LogP contribution is -2.46. The zero-order valence-corrected chi connectivity index (χ0v) is 12.5. The van der Waals surface area contributed by atoms with Gasteiger partial charge < -0.3 is 15.5 Å². The van der Waals surface area contributed by atoms with E-state index in [9.17, 15) is 9.59 Å². The first-order valence-electron chi connectivity index (χ1n) is 7.99. The van der Waals surface area contributed by atoms with Crippen molar-refractivity contribution in [3.8, 4) is 0 Å². The summed E-state index contributed by atoms with van der Waals surface area (Å²) in [6.07, 6.45) is 6.55. The Bertz CT molecular complexity index is 332. The monoisotopic (exact) mass is 281 g/mol. The summed E-state index contributed by atoms with van der Waals surface area (Å²) in [6, 6.07) is 0.534. The van der Waals surface area contributed by atoms with E-state index in [1.165, 1.54) is 25.7 Å². The van der Waals surface area contributed by atoms with Crippen molar-refractivity contribution < 1.29 is 9.59 Å². The molecule has 1 aliphatic heterocycles. The summed E-state index contributed by atoms with van der Waals surface area (Å²) in [7, 11) is 0. The number of hydrogen-bond donors (Lipinski definition) is 2. The number of carbonyl (C=O) groups excluding carboxylic acids is 2. The first kappa shape index (κ1) is 15.3. The molecule has 0 atom stereocenters. The zero-order valence-electron chi connectivity index (χ0n) is 12.5. The second-order valence-electron chi connectivity index (χ2n) is 5.91. The lowest BCUT2D eigenvalue weighted by molar-refractivity contribution is -0.135. The summed E-state index contributed by atoms with van der Waals surface area (Å²) in [5.41, 5.74) is 0. The van der Waals surface area contributed by atoms with Crippen molar-refractivity contribution in [1.82, 2.24) is 15.5 Å². The molecule has 2 rings (SSSR count). The Kier molecular flexibility index (Phi) is 5.83. The van der Waals surface area contributed by atoms with Gasteiger partial charge in [-0.05, 0) is 32.6 Å². The SMILES string of the molecule is CCNC(=O)C1CCN(C(=O)CNC2CCCC2)CC1. The molecule has 1 saturated heterocycles. The summed E-state index contributed by atoms with van der Waals surface area (Å²) in [6.45, 7) is 4.50. The second kappa shape index (κ2) is 7.62. The van der Waals surface area contributed by atoms with Gasteiger partial charge >= 0.3 is 0 Å². The van der Waals surface area contributed by atoms with Crippen LogP contribution in [0.15, 0.2) is 0 Å². The summed E-state index contributed by atoms with van der Waals surface area (Å²) < 4.78 is 0. The maximum absolute atomic E-state index is 12.1. The van der Waals surface area contributed by atoms with Crippen molar-refractivity contribution in [2.75, 3.05) is 26.2 Å². The van der Waals surface area contributed by atoms with Gasteiger partial charge in [0.25, 0.3) is 0 Å². The average Bonchev–Trinajstić information content (AvgIpc) is 2.98. The third-order valence-corrected chi connectivity index (χ3v) is 4.47. The molecular weight excluding hydrogens is 254 g/mol. The molecule has 5 nitrogen and oxygen atoms in total. The first-order chi connectivity index (χ1) is 9.70. The minimum absolute atomic E-state index is 0.0850. The van der Waals surface area contributed by atoms with E-state index in [0.29, 0.717) is 32.2 Å². The summed E-state index contributed by atoms with van der Waals surface area (Å²) in [4.78, 5) is 25.8. The van der Waals surface area contributed by atoms with Crippen molar-refractivity contribution >= 4 is 11.8 Å². The van der Waals surface area contributed by atoms with Gasteiger partial charge in [-0.25, -0.2) is 0 Å². The fraction of sp³-hybridized carbons (Fsp3) is 0.867. The van der Waals surface area contributed by atoms with Crippen LogP contribution in [0.3, 0.4) is 0 Å². The molecule has 114 valence electrons. The Balaban J connectivity index is 1.67. The van der Waals surface area contributed by atoms with E-state index in [1.54, 1.807) is 0 Å². The minimum atomic E-state index is 0.0850. The number of amides is 2. The zero-order chi connectivity index (χ0) is 14.4. The van der Waals surface area contributed by atoms with Crippen molar-refractivity contribution in [1.29, 1.82) is 0 Å². The third kappa shape index (κ3) is 4.20. The molecule has 20 heavy (non-hydrogen) atoms. The van der Waals surface area contributed by atoms with Crippen LogP contribution in [0.2, 0.25) is 0 Å². The van der Waals surface area contributed by atoms with Gasteiger partial charge in [0, 0.05) is 31.6 Å². The highest BCUT2D eigenvalue weighted by molar-refractivity contribution is 5.80. The van der Waals surface area contributed by atoms with Gasteiger partial charge in [0.15, 0.2) is 0 Å². The molecule has 0 unspecified atom stereocenters. The quantitative estimate of drug-likeness (QED) is 0.787. The van der Waals surface area contributed by atoms with Crippen LogP contribution < -0.4 is 10.6 Å². The summed E-state index contributed by atoms with van der Waals surface area (Å²) in [5.74, 6) is 0.414. The molecule has 0 aromatic rings. The Morgan fingerprint density at radius 2 is 1.75 bits per heavy atom. The average molecular weight is 281 g/mol. The van der Waals surface area contributed by atoms with Crippen LogP contribution in [0.1, 0.15) is 45.4 Å². The molecule has 2 aliphatic rings. The second-order valence-corrected chi connectivity index (χ2v) is 5.91. The molecule has 0 bridgehead atoms. The molecule has 0 radical (unpaired) electrons. The third-order valence-electron chi connectivity index (χ3n) is 4.47. The van der Waals surface area contributed by atoms with Gasteiger partial charge in [-0.2, -0.15) is 0 Å². The van der Waals surface area contributed by atoms with Crippen molar-refractivity contribution in [3.05, 3.63) is 0 Å². The molecule has 1 aliphatic carbocycles. The van der Waals surface area contributed by atoms with E-state index < -0.39 is 0 Å². The molecule has 2 fully saturated rings. The Morgan fingerprint density at radius 1 is 1.10 bits per heavy atom. The Hall–Kier alpha value is -1.10. The van der Waals surface area contributed by atoms with E-state index >= 15 is 0 Å². The topological polar surface area (TPSA) is 61.4 Å². The standard InChI is InChI=1S/C15H27N3O2/c1-2-16-15(20)12-7-9-18(10-8-12)14(19)11-17-13-5-3-4-6-13/h12-13,17H,2-11H2,1H3,(H,16,20). The fourth-order valence-electron chi connectivity index (χ4n) is 3.18. The van der Waals surface area contributed by atoms with Gasteiger partial charge in [-0.1, -0.05) is 12.8 Å². The number of likely N-dealkylation sites (tertiary alicyclic amines) is 1. The molecule has 0 aromatic carbocycles. The highest BCUT2D eigenvalue weighted by atomic mass is 16.2. The van der Waals surface area contributed by atoms with Gasteiger partial charge in [0.1, 0.15) is 0 Å². The van der Waals surface area contributed by atoms with E-state index in [1.807, 2.05) is 11.8 Å². The van der Waals surface area contributed by atoms with E-state index in [-0.39, 0.29) is 17.7 Å². The van der Waals surface area contributed by atoms with Gasteiger partial charge in [-0.3, -0.25) is 9.59 Å². The Labute approximate surface area is 121 Å². The van der Waals surface area contributed by atoms with Crippen molar-refractivity contribution in [2.24, 2.45) is 5.92 Å². The smallest absolute Gasteiger partial charge is 0.236 e. The van der Waals surface area contributed by atoms with Crippen LogP contribution in [-0.2, 0) is 9.59 Å². The van der Waals surface area contributed by atoms with Gasteiger partial charge in [0.2, 0.25) is 11.8 Å². The fourth-order valence-corrected chi connectivity index (χ4v) is 3.18. The highest BCUT2D eigenvalue weighted by Crippen LogP contribution is 2.19. The number of nitrogens with one attached hydrogen (secondary N) is 2. The number of rotatable bonds is 5. The summed E-state index contributed by atoms with van der Waals surface area (Å²) in [5, 5.41) is 6.23. The van der Waals surface area contributed by atoms with E-state index in [4.69, 9.17) is 0 Å². The van der Waals surface area contributed by atoms with Gasteiger partial charge in [-0.15, -0.1) is 0 Å². The van der Waals surface area contributed by atoms with Crippen molar-refractivity contribution in [2.45, 2.75) is 51.5 Å². The lowest BCUT2D eigenvalue weighted by Gasteiger charge is -2.31. The molecule has 1 saturated carbocycles. The maximum atomic E-state index is 12.1. The van der Waals surface area contributed by atoms with E-state index in [2.05, 4.69) is 10.6 Å². The van der Waals surface area contributed by atoms with Crippen LogP contribution in [0.25, 0.3) is 0 Å². The Morgan fingerprint density at radius 3 is 2.35 bits per heavy atom. The van der Waals surface area contributed by atoms with Crippen LogP contribution in [0.5, 0.6) is 0 Å². The molecule has 1 heterocycles. The summed E-state index contributed by atoms with van der Waals surface area (Å²) >= 11 is 0. The molecule has 0 spiro atoms. The van der Waals surface area contributed by atoms with Crippen LogP contribution in [0.4, 0.5) is 0 Å². The maximum Gasteiger partial charge on any atom is 0.236 e. The number of nitrogens with zero attached hydrogens (tertiary/aromatic N) is 1. The number of hydrogen-bond acceptors (Lipinski definition) is 3. The predicted molar refractivity (Wildman–Crippen MR) is 78.2 cm³/mol. The van der Waals surface area contributed by atoms with Crippen LogP contribution in [0, 0.1) is 5.92 Å². The molecule has 5 heteroatoms. The van der Waals surface area contributed by atoms with E-state index in [0.717, 1.165) is 12.8 Å². The normalized spacial score (nSPS) is 21.1. The molecule has 2 N–H and O–H groups in total. The molecular formula is C15H27N3O2. The first-order valence-corrected chi connectivity index (χ1v) is 7.99. The van der Waals surface area contributed by atoms with Gasteiger partial charge in [0.05, 0.1) is 6.54 Å². The number of piperidine rings is 1. The predicted octanol–water partition coefficient (Wildman–Crippen LogP) is 0.893. The highest BCUT2D eigenvalue weighted by Gasteiger charge is 2.27. The largest absolute Gasteiger partial charge is 0.356 e. The van der Waals surface area contributed by atoms with Crippen LogP contribution >= 0.6 is 0 Å². The van der Waals surface area contributed by atoms with Crippen LogP contribution in [-0.4, -0.2) is 48.9 Å². The molecule has 0 aromatic heterocycles.